The first-order valence-electron chi connectivity index (χ1n) is 7.36. The molecule has 1 aliphatic heterocycles. The lowest BCUT2D eigenvalue weighted by Crippen LogP contribution is -2.36. The number of nitrogens with zero attached hydrogens (tertiary/aromatic N) is 4. The second kappa shape index (κ2) is 5.15. The van der Waals surface area contributed by atoms with Crippen molar-refractivity contribution < 1.29 is 0 Å². The quantitative estimate of drug-likeness (QED) is 0.710. The average Bonchev–Trinajstić information content (AvgIpc) is 2.88. The topological polar surface area (TPSA) is 32.3 Å². The van der Waals surface area contributed by atoms with Gasteiger partial charge in [0.15, 0.2) is 0 Å². The van der Waals surface area contributed by atoms with Crippen LogP contribution in [0, 0.1) is 0 Å². The van der Waals surface area contributed by atoms with Crippen LogP contribution in [0.1, 0.15) is 6.92 Å². The molecule has 1 aliphatic rings. The van der Waals surface area contributed by atoms with Crippen LogP contribution in [-0.4, -0.2) is 16.1 Å². The Morgan fingerprint density at radius 1 is 0.682 bits per heavy atom. The van der Waals surface area contributed by atoms with Crippen molar-refractivity contribution in [2.24, 2.45) is 0 Å². The molecule has 0 amide bonds. The molecule has 22 heavy (non-hydrogen) atoms. The van der Waals surface area contributed by atoms with Crippen LogP contribution in [0.5, 0.6) is 0 Å². The summed E-state index contributed by atoms with van der Waals surface area (Å²) in [5.41, 5.74) is 2.30. The number of aromatic nitrogens is 2. The summed E-state index contributed by atoms with van der Waals surface area (Å²) < 4.78 is 0. The van der Waals surface area contributed by atoms with Crippen molar-refractivity contribution >= 4 is 23.0 Å². The molecule has 0 saturated heterocycles. The van der Waals surface area contributed by atoms with Gasteiger partial charge in [-0.1, -0.05) is 24.3 Å². The normalized spacial score (nSPS) is 14.2. The fourth-order valence-electron chi connectivity index (χ4n) is 3.01. The highest BCUT2D eigenvalue weighted by atomic mass is 15.4. The maximum atomic E-state index is 4.52. The van der Waals surface area contributed by atoms with Gasteiger partial charge in [-0.25, -0.2) is 9.97 Å². The van der Waals surface area contributed by atoms with Crippen LogP contribution in [-0.2, 0) is 0 Å². The van der Waals surface area contributed by atoms with Gasteiger partial charge in [-0.05, 0) is 43.3 Å². The summed E-state index contributed by atoms with van der Waals surface area (Å²) >= 11 is 0. The molecule has 4 nitrogen and oxygen atoms in total. The molecule has 0 fully saturated rings. The van der Waals surface area contributed by atoms with Crippen LogP contribution in [0.2, 0.25) is 0 Å². The van der Waals surface area contributed by atoms with Crippen LogP contribution >= 0.6 is 0 Å². The molecular weight excluding hydrogens is 272 g/mol. The van der Waals surface area contributed by atoms with Gasteiger partial charge in [-0.15, -0.1) is 0 Å². The number of anilines is 4. The van der Waals surface area contributed by atoms with E-state index in [0.29, 0.717) is 0 Å². The van der Waals surface area contributed by atoms with Crippen molar-refractivity contribution in [1.82, 2.24) is 9.97 Å². The van der Waals surface area contributed by atoms with Gasteiger partial charge in [0, 0.05) is 12.4 Å². The number of hydrogen-bond acceptors (Lipinski definition) is 4. The van der Waals surface area contributed by atoms with E-state index < -0.39 is 0 Å². The molecule has 3 heterocycles. The van der Waals surface area contributed by atoms with Gasteiger partial charge in [0.25, 0.3) is 0 Å². The molecule has 108 valence electrons. The predicted molar refractivity (Wildman–Crippen MR) is 88.7 cm³/mol. The third kappa shape index (κ3) is 1.92. The van der Waals surface area contributed by atoms with Crippen molar-refractivity contribution in [2.45, 2.75) is 13.1 Å². The van der Waals surface area contributed by atoms with E-state index in [-0.39, 0.29) is 6.17 Å². The molecule has 0 saturated carbocycles. The summed E-state index contributed by atoms with van der Waals surface area (Å²) in [5, 5.41) is 0. The maximum Gasteiger partial charge on any atom is 0.134 e. The van der Waals surface area contributed by atoms with Crippen molar-refractivity contribution in [2.75, 3.05) is 9.80 Å². The number of pyridine rings is 2. The second-order valence-electron chi connectivity index (χ2n) is 5.24. The van der Waals surface area contributed by atoms with Crippen LogP contribution < -0.4 is 9.80 Å². The van der Waals surface area contributed by atoms with E-state index in [1.165, 1.54) is 0 Å². The van der Waals surface area contributed by atoms with E-state index >= 15 is 0 Å². The number of para-hydroxylation sites is 2. The first-order chi connectivity index (χ1) is 10.9. The van der Waals surface area contributed by atoms with E-state index in [1.807, 2.05) is 48.8 Å². The van der Waals surface area contributed by atoms with Crippen molar-refractivity contribution in [3.8, 4) is 0 Å². The predicted octanol–water partition coefficient (Wildman–Crippen LogP) is 4.11. The minimum absolute atomic E-state index is 0.113. The fourth-order valence-corrected chi connectivity index (χ4v) is 3.01. The Labute approximate surface area is 129 Å². The minimum atomic E-state index is 0.113. The van der Waals surface area contributed by atoms with E-state index in [1.54, 1.807) is 0 Å². The summed E-state index contributed by atoms with van der Waals surface area (Å²) in [4.78, 5) is 13.5. The zero-order valence-corrected chi connectivity index (χ0v) is 12.3. The van der Waals surface area contributed by atoms with E-state index in [4.69, 9.17) is 0 Å². The molecule has 0 bridgehead atoms. The lowest BCUT2D eigenvalue weighted by atomic mass is 10.2. The Morgan fingerprint density at radius 3 is 1.55 bits per heavy atom. The van der Waals surface area contributed by atoms with Crippen LogP contribution in [0.3, 0.4) is 0 Å². The fraction of sp³-hybridized carbons (Fsp3) is 0.111. The first kappa shape index (κ1) is 12.8. The molecule has 0 radical (unpaired) electrons. The lowest BCUT2D eigenvalue weighted by molar-refractivity contribution is 0.745. The standard InChI is InChI=1S/C18H16N4/c1-14-21(17-10-4-6-12-19-17)15-8-2-3-9-16(15)22(14)18-11-5-7-13-20-18/h2-14H,1H3. The Morgan fingerprint density at radius 2 is 1.14 bits per heavy atom. The number of rotatable bonds is 2. The average molecular weight is 288 g/mol. The largest absolute Gasteiger partial charge is 0.303 e. The lowest BCUT2D eigenvalue weighted by Gasteiger charge is -2.28. The molecule has 0 atom stereocenters. The highest BCUT2D eigenvalue weighted by Gasteiger charge is 2.35. The van der Waals surface area contributed by atoms with Gasteiger partial charge >= 0.3 is 0 Å². The summed E-state index contributed by atoms with van der Waals surface area (Å²) in [7, 11) is 0. The molecule has 4 rings (SSSR count). The molecule has 0 spiro atoms. The Hall–Kier alpha value is -2.88. The summed E-state index contributed by atoms with van der Waals surface area (Å²) in [6, 6.07) is 20.4. The van der Waals surface area contributed by atoms with Gasteiger partial charge < -0.3 is 9.80 Å². The molecule has 0 unspecified atom stereocenters. The van der Waals surface area contributed by atoms with Crippen molar-refractivity contribution in [3.63, 3.8) is 0 Å². The molecule has 3 aromatic rings. The van der Waals surface area contributed by atoms with Crippen LogP contribution in [0.15, 0.2) is 73.1 Å². The molecule has 0 aliphatic carbocycles. The second-order valence-corrected chi connectivity index (χ2v) is 5.24. The number of hydrogen-bond donors (Lipinski definition) is 0. The monoisotopic (exact) mass is 288 g/mol. The first-order valence-corrected chi connectivity index (χ1v) is 7.36. The molecule has 1 aromatic carbocycles. The Kier molecular flexibility index (Phi) is 3.00. The highest BCUT2D eigenvalue weighted by molar-refractivity contribution is 5.86. The summed E-state index contributed by atoms with van der Waals surface area (Å²) in [6.45, 7) is 2.17. The smallest absolute Gasteiger partial charge is 0.134 e. The number of benzene rings is 1. The highest BCUT2D eigenvalue weighted by Crippen LogP contribution is 2.46. The summed E-state index contributed by atoms with van der Waals surface area (Å²) in [6.07, 6.45) is 3.77. The minimum Gasteiger partial charge on any atom is -0.303 e. The number of fused-ring (bicyclic) bond motifs is 1. The van der Waals surface area contributed by atoms with E-state index in [2.05, 4.69) is 51.0 Å². The Bertz CT molecular complexity index is 707. The van der Waals surface area contributed by atoms with Crippen LogP contribution in [0.4, 0.5) is 23.0 Å². The van der Waals surface area contributed by atoms with Crippen molar-refractivity contribution in [3.05, 3.63) is 73.1 Å². The molecule has 2 aromatic heterocycles. The van der Waals surface area contributed by atoms with E-state index in [0.717, 1.165) is 23.0 Å². The van der Waals surface area contributed by atoms with Gasteiger partial charge in [0.1, 0.15) is 17.8 Å². The van der Waals surface area contributed by atoms with E-state index in [9.17, 15) is 0 Å². The third-order valence-corrected chi connectivity index (χ3v) is 3.94. The summed E-state index contributed by atoms with van der Waals surface area (Å²) in [5.74, 6) is 1.89. The zero-order valence-electron chi connectivity index (χ0n) is 12.3. The van der Waals surface area contributed by atoms with Gasteiger partial charge in [0.05, 0.1) is 11.4 Å². The molecule has 0 N–H and O–H groups in total. The van der Waals surface area contributed by atoms with Crippen molar-refractivity contribution in [1.29, 1.82) is 0 Å². The SMILES string of the molecule is CC1N(c2ccccn2)c2ccccc2N1c1ccccn1. The Balaban J connectivity index is 1.87. The van der Waals surface area contributed by atoms with Gasteiger partial charge in [0.2, 0.25) is 0 Å². The zero-order chi connectivity index (χ0) is 14.9. The molecular formula is C18H16N4. The van der Waals surface area contributed by atoms with Gasteiger partial charge in [-0.3, -0.25) is 0 Å². The maximum absolute atomic E-state index is 4.52. The third-order valence-electron chi connectivity index (χ3n) is 3.94. The van der Waals surface area contributed by atoms with Gasteiger partial charge in [-0.2, -0.15) is 0 Å². The van der Waals surface area contributed by atoms with Crippen LogP contribution in [0.25, 0.3) is 0 Å². The molecule has 4 heteroatoms.